The van der Waals surface area contributed by atoms with Crippen LogP contribution in [0.25, 0.3) is 0 Å². The van der Waals surface area contributed by atoms with Gasteiger partial charge in [0.2, 0.25) is 0 Å². The molecule has 0 aromatic rings. The summed E-state index contributed by atoms with van der Waals surface area (Å²) in [6.07, 6.45) is 4.58. The average Bonchev–Trinajstić information content (AvgIpc) is 2.11. The molecule has 0 aliphatic heterocycles. The van der Waals surface area contributed by atoms with Crippen molar-refractivity contribution in [1.82, 2.24) is 0 Å². The van der Waals surface area contributed by atoms with Crippen LogP contribution in [0.1, 0.15) is 13.3 Å². The Balaban J connectivity index is 3.17. The quantitative estimate of drug-likeness (QED) is 0.345. The van der Waals surface area contributed by atoms with E-state index in [0.29, 0.717) is 0 Å². The number of hydrogen-bond acceptors (Lipinski definition) is 3. The highest BCUT2D eigenvalue weighted by Gasteiger charge is 2.07. The van der Waals surface area contributed by atoms with Crippen molar-refractivity contribution in [2.75, 3.05) is 20.8 Å². The standard InChI is InChI=1S/C8H18O3Si/c1-4-6-11-7-5-8-12(9-2)10-3/h4,6,12H,5,7-8H2,1-3H3. The lowest BCUT2D eigenvalue weighted by molar-refractivity contribution is 0.236. The highest BCUT2D eigenvalue weighted by atomic mass is 28.3. The average molecular weight is 190 g/mol. The SMILES string of the molecule is CC=COCCC[SiH](OC)OC. The first-order chi connectivity index (χ1) is 5.85. The maximum atomic E-state index is 5.15. The van der Waals surface area contributed by atoms with Crippen molar-refractivity contribution in [3.05, 3.63) is 12.3 Å². The molecule has 4 heteroatoms. The van der Waals surface area contributed by atoms with Crippen molar-refractivity contribution in [1.29, 1.82) is 0 Å². The Morgan fingerprint density at radius 3 is 2.42 bits per heavy atom. The molecule has 72 valence electrons. The number of allylic oxidation sites excluding steroid dienone is 1. The fourth-order valence-corrected chi connectivity index (χ4v) is 1.99. The van der Waals surface area contributed by atoms with Gasteiger partial charge in [-0.2, -0.15) is 0 Å². The van der Waals surface area contributed by atoms with E-state index in [2.05, 4.69) is 0 Å². The van der Waals surface area contributed by atoms with Gasteiger partial charge < -0.3 is 13.6 Å². The van der Waals surface area contributed by atoms with Crippen molar-refractivity contribution in [3.8, 4) is 0 Å². The van der Waals surface area contributed by atoms with E-state index in [-0.39, 0.29) is 0 Å². The zero-order chi connectivity index (χ0) is 9.23. The van der Waals surface area contributed by atoms with Crippen molar-refractivity contribution in [3.63, 3.8) is 0 Å². The van der Waals surface area contributed by atoms with Crippen molar-refractivity contribution in [2.24, 2.45) is 0 Å². The summed E-state index contributed by atoms with van der Waals surface area (Å²) in [6.45, 7) is 2.68. The summed E-state index contributed by atoms with van der Waals surface area (Å²) in [6, 6.07) is 1.00. The Morgan fingerprint density at radius 2 is 1.92 bits per heavy atom. The predicted octanol–water partition coefficient (Wildman–Crippen LogP) is 1.44. The van der Waals surface area contributed by atoms with Gasteiger partial charge in [-0.05, 0) is 19.4 Å². The summed E-state index contributed by atoms with van der Waals surface area (Å²) in [5.41, 5.74) is 0. The second-order valence-electron chi connectivity index (χ2n) is 2.38. The van der Waals surface area contributed by atoms with Crippen LogP contribution in [0.5, 0.6) is 0 Å². The van der Waals surface area contributed by atoms with Crippen molar-refractivity contribution in [2.45, 2.75) is 19.4 Å². The summed E-state index contributed by atoms with van der Waals surface area (Å²) < 4.78 is 15.5. The summed E-state index contributed by atoms with van der Waals surface area (Å²) >= 11 is 0. The largest absolute Gasteiger partial charge is 0.502 e. The van der Waals surface area contributed by atoms with Crippen molar-refractivity contribution < 1.29 is 13.6 Å². The van der Waals surface area contributed by atoms with Crippen LogP contribution in [0.15, 0.2) is 12.3 Å². The fourth-order valence-electron chi connectivity index (χ4n) is 0.830. The molecule has 0 radical (unpaired) electrons. The summed E-state index contributed by atoms with van der Waals surface area (Å²) in [5.74, 6) is 0. The summed E-state index contributed by atoms with van der Waals surface area (Å²) in [7, 11) is 2.06. The number of ether oxygens (including phenoxy) is 1. The highest BCUT2D eigenvalue weighted by Crippen LogP contribution is 1.99. The zero-order valence-electron chi connectivity index (χ0n) is 8.08. The van der Waals surface area contributed by atoms with Crippen LogP contribution in [0.3, 0.4) is 0 Å². The Bertz CT molecular complexity index is 113. The molecule has 0 atom stereocenters. The maximum Gasteiger partial charge on any atom is 0.321 e. The molecule has 0 bridgehead atoms. The lowest BCUT2D eigenvalue weighted by Crippen LogP contribution is -2.18. The molecule has 0 aromatic heterocycles. The first-order valence-corrected chi connectivity index (χ1v) is 5.89. The van der Waals surface area contributed by atoms with E-state index in [1.54, 1.807) is 20.5 Å². The third kappa shape index (κ3) is 6.39. The van der Waals surface area contributed by atoms with Crippen LogP contribution >= 0.6 is 0 Å². The summed E-state index contributed by atoms with van der Waals surface area (Å²) in [5, 5.41) is 0. The zero-order valence-corrected chi connectivity index (χ0v) is 9.23. The normalized spacial score (nSPS) is 11.3. The first kappa shape index (κ1) is 11.7. The second kappa shape index (κ2) is 8.77. The van der Waals surface area contributed by atoms with E-state index < -0.39 is 9.28 Å². The molecule has 0 saturated carbocycles. The van der Waals surface area contributed by atoms with Crippen LogP contribution < -0.4 is 0 Å². The molecule has 0 saturated heterocycles. The molecule has 0 rings (SSSR count). The van der Waals surface area contributed by atoms with E-state index in [9.17, 15) is 0 Å². The molecule has 0 spiro atoms. The van der Waals surface area contributed by atoms with E-state index in [0.717, 1.165) is 19.1 Å². The molecule has 0 unspecified atom stereocenters. The van der Waals surface area contributed by atoms with Gasteiger partial charge in [0.25, 0.3) is 0 Å². The molecule has 0 heterocycles. The van der Waals surface area contributed by atoms with Gasteiger partial charge in [0, 0.05) is 14.2 Å². The van der Waals surface area contributed by atoms with Crippen LogP contribution in [0.2, 0.25) is 6.04 Å². The van der Waals surface area contributed by atoms with Gasteiger partial charge in [-0.1, -0.05) is 6.08 Å². The molecule has 0 amide bonds. The minimum absolute atomic E-state index is 0.751. The molecule has 0 aliphatic rings. The van der Waals surface area contributed by atoms with Gasteiger partial charge in [0.1, 0.15) is 0 Å². The smallest absolute Gasteiger partial charge is 0.321 e. The topological polar surface area (TPSA) is 27.7 Å². The molecule has 0 N–H and O–H groups in total. The summed E-state index contributed by atoms with van der Waals surface area (Å²) in [4.78, 5) is 0. The van der Waals surface area contributed by atoms with Gasteiger partial charge in [0.15, 0.2) is 0 Å². The van der Waals surface area contributed by atoms with E-state index in [1.165, 1.54) is 0 Å². The van der Waals surface area contributed by atoms with Gasteiger partial charge in [-0.25, -0.2) is 0 Å². The first-order valence-electron chi connectivity index (χ1n) is 4.13. The highest BCUT2D eigenvalue weighted by molar-refractivity contribution is 6.44. The lowest BCUT2D eigenvalue weighted by Gasteiger charge is -2.09. The second-order valence-corrected chi connectivity index (χ2v) is 4.76. The monoisotopic (exact) mass is 190 g/mol. The van der Waals surface area contributed by atoms with Crippen LogP contribution in [-0.2, 0) is 13.6 Å². The molecule has 0 aliphatic carbocycles. The van der Waals surface area contributed by atoms with E-state index in [4.69, 9.17) is 13.6 Å². The van der Waals surface area contributed by atoms with Crippen LogP contribution in [0, 0.1) is 0 Å². The Kier molecular flexibility index (Phi) is 8.53. The van der Waals surface area contributed by atoms with Crippen LogP contribution in [-0.4, -0.2) is 30.1 Å². The minimum atomic E-state index is -1.35. The fraction of sp³-hybridized carbons (Fsp3) is 0.750. The van der Waals surface area contributed by atoms with Gasteiger partial charge in [0.05, 0.1) is 12.9 Å². The Hall–Kier alpha value is -0.323. The lowest BCUT2D eigenvalue weighted by atomic mass is 10.5. The van der Waals surface area contributed by atoms with Gasteiger partial charge >= 0.3 is 9.28 Å². The molecule has 12 heavy (non-hydrogen) atoms. The maximum absolute atomic E-state index is 5.15. The molecule has 0 fully saturated rings. The van der Waals surface area contributed by atoms with Gasteiger partial charge in [-0.3, -0.25) is 0 Å². The third-order valence-electron chi connectivity index (χ3n) is 1.46. The van der Waals surface area contributed by atoms with Crippen molar-refractivity contribution >= 4 is 9.28 Å². The van der Waals surface area contributed by atoms with E-state index >= 15 is 0 Å². The Labute approximate surface area is 76.2 Å². The van der Waals surface area contributed by atoms with Crippen LogP contribution in [0.4, 0.5) is 0 Å². The predicted molar refractivity (Wildman–Crippen MR) is 51.4 cm³/mol. The molecular weight excluding hydrogens is 172 g/mol. The Morgan fingerprint density at radius 1 is 1.25 bits per heavy atom. The molecule has 0 aromatic carbocycles. The minimum Gasteiger partial charge on any atom is -0.502 e. The number of hydrogen-bond donors (Lipinski definition) is 0. The molecular formula is C8H18O3Si. The van der Waals surface area contributed by atoms with Gasteiger partial charge in [-0.15, -0.1) is 0 Å². The van der Waals surface area contributed by atoms with E-state index in [1.807, 2.05) is 13.0 Å². The third-order valence-corrected chi connectivity index (χ3v) is 3.39. The molecule has 3 nitrogen and oxygen atoms in total. The number of rotatable bonds is 7.